The van der Waals surface area contributed by atoms with Gasteiger partial charge in [0.2, 0.25) is 5.91 Å². The van der Waals surface area contributed by atoms with Crippen molar-refractivity contribution in [3.05, 3.63) is 39.8 Å². The van der Waals surface area contributed by atoms with Gasteiger partial charge >= 0.3 is 0 Å². The summed E-state index contributed by atoms with van der Waals surface area (Å²) in [6.45, 7) is 1.63. The Bertz CT molecular complexity index is 775. The Morgan fingerprint density at radius 3 is 2.50 bits per heavy atom. The minimum atomic E-state index is 0.211. The summed E-state index contributed by atoms with van der Waals surface area (Å²) in [5.41, 5.74) is 1.04. The van der Waals surface area contributed by atoms with Crippen LogP contribution in [0.3, 0.4) is 0 Å². The van der Waals surface area contributed by atoms with Crippen LogP contribution in [0.2, 0.25) is 0 Å². The highest BCUT2D eigenvalue weighted by Gasteiger charge is 2.27. The van der Waals surface area contributed by atoms with Crippen LogP contribution in [0.15, 0.2) is 24.3 Å². The van der Waals surface area contributed by atoms with E-state index in [9.17, 15) is 4.79 Å². The molecular weight excluding hydrogens is 370 g/mol. The summed E-state index contributed by atoms with van der Waals surface area (Å²) in [6, 6.07) is 7.76. The molecule has 2 heterocycles. The molecule has 1 aromatic carbocycles. The first-order valence-corrected chi connectivity index (χ1v) is 11.3. The minimum Gasteiger partial charge on any atom is -0.497 e. The van der Waals surface area contributed by atoms with Crippen molar-refractivity contribution < 1.29 is 9.53 Å². The number of benzene rings is 1. The minimum absolute atomic E-state index is 0.211. The Hall–Kier alpha value is -1.95. The van der Waals surface area contributed by atoms with E-state index >= 15 is 0 Å². The van der Waals surface area contributed by atoms with Gasteiger partial charge in [-0.15, -0.1) is 21.5 Å². The van der Waals surface area contributed by atoms with E-state index in [2.05, 4.69) is 10.2 Å². The maximum Gasteiger partial charge on any atom is 0.226 e. The van der Waals surface area contributed by atoms with Crippen LogP contribution in [0.5, 0.6) is 5.75 Å². The molecule has 2 fully saturated rings. The monoisotopic (exact) mass is 399 g/mol. The predicted molar refractivity (Wildman–Crippen MR) is 111 cm³/mol. The van der Waals surface area contributed by atoms with Crippen molar-refractivity contribution in [1.82, 2.24) is 15.1 Å². The molecule has 1 saturated heterocycles. The number of rotatable bonds is 6. The number of carbonyl (C=O) groups is 1. The molecule has 0 atom stereocenters. The summed E-state index contributed by atoms with van der Waals surface area (Å²) >= 11 is 1.80. The van der Waals surface area contributed by atoms with Gasteiger partial charge in [0.05, 0.1) is 13.5 Å². The average molecular weight is 400 g/mol. The number of ether oxygens (including phenoxy) is 1. The zero-order chi connectivity index (χ0) is 19.3. The van der Waals surface area contributed by atoms with E-state index in [0.29, 0.717) is 12.3 Å². The molecule has 0 spiro atoms. The lowest BCUT2D eigenvalue weighted by molar-refractivity contribution is -0.131. The van der Waals surface area contributed by atoms with Gasteiger partial charge in [-0.25, -0.2) is 0 Å². The smallest absolute Gasteiger partial charge is 0.226 e. The number of hydrogen-bond donors (Lipinski definition) is 0. The van der Waals surface area contributed by atoms with Crippen LogP contribution < -0.4 is 4.74 Å². The fourth-order valence-electron chi connectivity index (χ4n) is 4.38. The zero-order valence-corrected chi connectivity index (χ0v) is 17.4. The molecule has 150 valence electrons. The van der Waals surface area contributed by atoms with Gasteiger partial charge in [-0.2, -0.15) is 0 Å². The molecule has 4 rings (SSSR count). The van der Waals surface area contributed by atoms with Crippen LogP contribution in [0.4, 0.5) is 0 Å². The summed E-state index contributed by atoms with van der Waals surface area (Å²) in [5, 5.41) is 11.3. The molecule has 1 amide bonds. The molecular formula is C22H29N3O2S. The summed E-state index contributed by atoms with van der Waals surface area (Å²) in [6.07, 6.45) is 9.00. The average Bonchev–Trinajstić information content (AvgIpc) is 3.41. The van der Waals surface area contributed by atoms with Gasteiger partial charge in [-0.1, -0.05) is 37.8 Å². The van der Waals surface area contributed by atoms with Crippen LogP contribution in [0.1, 0.15) is 60.0 Å². The van der Waals surface area contributed by atoms with Crippen LogP contribution in [-0.4, -0.2) is 41.2 Å². The van der Waals surface area contributed by atoms with Crippen molar-refractivity contribution in [2.45, 2.75) is 57.3 Å². The molecule has 0 unspecified atom stereocenters. The second kappa shape index (κ2) is 9.03. The van der Waals surface area contributed by atoms with E-state index in [1.54, 1.807) is 18.4 Å². The highest BCUT2D eigenvalue weighted by Crippen LogP contribution is 2.33. The van der Waals surface area contributed by atoms with Crippen molar-refractivity contribution in [2.24, 2.45) is 5.92 Å². The van der Waals surface area contributed by atoms with Crippen LogP contribution in [0, 0.1) is 5.92 Å². The lowest BCUT2D eigenvalue weighted by atomic mass is 9.97. The molecule has 28 heavy (non-hydrogen) atoms. The molecule has 6 heteroatoms. The van der Waals surface area contributed by atoms with Crippen molar-refractivity contribution >= 4 is 17.2 Å². The number of likely N-dealkylation sites (tertiary alicyclic amines) is 1. The van der Waals surface area contributed by atoms with E-state index in [1.807, 2.05) is 29.2 Å². The van der Waals surface area contributed by atoms with Crippen LogP contribution in [-0.2, 0) is 17.6 Å². The molecule has 2 aliphatic rings. The van der Waals surface area contributed by atoms with Crippen molar-refractivity contribution in [1.29, 1.82) is 0 Å². The molecule has 1 saturated carbocycles. The lowest BCUT2D eigenvalue weighted by Crippen LogP contribution is -2.38. The predicted octanol–water partition coefficient (Wildman–Crippen LogP) is 4.23. The number of aromatic nitrogens is 2. The second-order valence-corrected chi connectivity index (χ2v) is 9.16. The maximum absolute atomic E-state index is 12.6. The fraction of sp³-hybridized carbons (Fsp3) is 0.591. The summed E-state index contributed by atoms with van der Waals surface area (Å²) in [5.74, 6) is 2.31. The van der Waals surface area contributed by atoms with Crippen molar-refractivity contribution in [3.63, 3.8) is 0 Å². The summed E-state index contributed by atoms with van der Waals surface area (Å²) < 4.78 is 5.18. The molecule has 0 bridgehead atoms. The van der Waals surface area contributed by atoms with Gasteiger partial charge in [0.15, 0.2) is 0 Å². The van der Waals surface area contributed by atoms with Gasteiger partial charge in [0.25, 0.3) is 0 Å². The van der Waals surface area contributed by atoms with E-state index in [-0.39, 0.29) is 5.91 Å². The first-order chi connectivity index (χ1) is 13.7. The van der Waals surface area contributed by atoms with Crippen molar-refractivity contribution in [3.8, 4) is 5.75 Å². The summed E-state index contributed by atoms with van der Waals surface area (Å²) in [7, 11) is 1.65. The van der Waals surface area contributed by atoms with E-state index < -0.39 is 0 Å². The van der Waals surface area contributed by atoms with E-state index in [0.717, 1.165) is 49.6 Å². The van der Waals surface area contributed by atoms with Gasteiger partial charge in [-0.3, -0.25) is 4.79 Å². The third-order valence-corrected chi connectivity index (χ3v) is 7.24. The number of amides is 1. The molecule has 0 radical (unpaired) electrons. The number of hydrogen-bond acceptors (Lipinski definition) is 5. The number of methoxy groups -OCH3 is 1. The number of piperidine rings is 1. The normalized spacial score (nSPS) is 18.5. The van der Waals surface area contributed by atoms with E-state index in [4.69, 9.17) is 4.74 Å². The molecule has 1 aliphatic carbocycles. The Morgan fingerprint density at radius 2 is 1.82 bits per heavy atom. The van der Waals surface area contributed by atoms with Gasteiger partial charge in [0.1, 0.15) is 15.8 Å². The Labute approximate surface area is 171 Å². The maximum atomic E-state index is 12.6. The van der Waals surface area contributed by atoms with Crippen molar-refractivity contribution in [2.75, 3.05) is 20.2 Å². The fourth-order valence-corrected chi connectivity index (χ4v) is 5.51. The SMILES string of the molecule is COc1ccc(CC(=O)N2CCC(c3nnc(CC4CCCC4)s3)CC2)cc1. The van der Waals surface area contributed by atoms with Gasteiger partial charge in [0, 0.05) is 25.4 Å². The second-order valence-electron chi connectivity index (χ2n) is 8.07. The first kappa shape index (κ1) is 19.4. The molecule has 1 aliphatic heterocycles. The Kier molecular flexibility index (Phi) is 6.25. The lowest BCUT2D eigenvalue weighted by Gasteiger charge is -2.31. The highest BCUT2D eigenvalue weighted by molar-refractivity contribution is 7.11. The Morgan fingerprint density at radius 1 is 1.11 bits per heavy atom. The Balaban J connectivity index is 1.26. The third-order valence-electron chi connectivity index (χ3n) is 6.13. The third kappa shape index (κ3) is 4.72. The first-order valence-electron chi connectivity index (χ1n) is 10.4. The standard InChI is InChI=1S/C22H29N3O2S/c1-27-19-8-6-17(7-9-19)15-21(26)25-12-10-18(11-13-25)22-24-23-20(28-22)14-16-4-2-3-5-16/h6-9,16,18H,2-5,10-15H2,1H3. The topological polar surface area (TPSA) is 55.3 Å². The molecule has 1 aromatic heterocycles. The quantitative estimate of drug-likeness (QED) is 0.729. The van der Waals surface area contributed by atoms with Gasteiger partial charge < -0.3 is 9.64 Å². The zero-order valence-electron chi connectivity index (χ0n) is 16.6. The van der Waals surface area contributed by atoms with E-state index in [1.165, 1.54) is 35.7 Å². The summed E-state index contributed by atoms with van der Waals surface area (Å²) in [4.78, 5) is 14.6. The molecule has 5 nitrogen and oxygen atoms in total. The number of nitrogens with zero attached hydrogens (tertiary/aromatic N) is 3. The van der Waals surface area contributed by atoms with Crippen LogP contribution >= 0.6 is 11.3 Å². The molecule has 0 N–H and O–H groups in total. The van der Waals surface area contributed by atoms with Gasteiger partial charge in [-0.05, 0) is 36.5 Å². The highest BCUT2D eigenvalue weighted by atomic mass is 32.1. The molecule has 2 aromatic rings. The number of carbonyl (C=O) groups excluding carboxylic acids is 1. The largest absolute Gasteiger partial charge is 0.497 e. The van der Waals surface area contributed by atoms with Crippen LogP contribution in [0.25, 0.3) is 0 Å².